The molecule has 98 valence electrons. The molecule has 2 N–H and O–H groups in total. The average Bonchev–Trinajstić information content (AvgIpc) is 2.97. The summed E-state index contributed by atoms with van der Waals surface area (Å²) in [7, 11) is 0. The van der Waals surface area contributed by atoms with Crippen LogP contribution in [-0.4, -0.2) is 24.0 Å². The van der Waals surface area contributed by atoms with Crippen LogP contribution in [-0.2, 0) is 6.54 Å². The van der Waals surface area contributed by atoms with Gasteiger partial charge in [-0.3, -0.25) is 4.79 Å². The molecule has 2 aromatic rings. The first kappa shape index (κ1) is 12.0. The molecule has 19 heavy (non-hydrogen) atoms. The van der Waals surface area contributed by atoms with Crippen LogP contribution in [0.4, 0.5) is 5.69 Å². The molecule has 1 aromatic carbocycles. The SMILES string of the molecule is O=C(NCc1cscn1)c1cccc2c1OCCN2. The predicted octanol–water partition coefficient (Wildman–Crippen LogP) is 1.88. The van der Waals surface area contributed by atoms with E-state index in [1.165, 1.54) is 11.3 Å². The van der Waals surface area contributed by atoms with Gasteiger partial charge in [-0.2, -0.15) is 0 Å². The van der Waals surface area contributed by atoms with Gasteiger partial charge in [0.15, 0.2) is 5.75 Å². The number of carbonyl (C=O) groups excluding carboxylic acids is 1. The van der Waals surface area contributed by atoms with Crippen LogP contribution in [0, 0.1) is 0 Å². The highest BCUT2D eigenvalue weighted by Gasteiger charge is 2.18. The second-order valence-corrected chi connectivity index (χ2v) is 4.84. The average molecular weight is 275 g/mol. The van der Waals surface area contributed by atoms with Gasteiger partial charge in [-0.05, 0) is 12.1 Å². The van der Waals surface area contributed by atoms with Crippen LogP contribution in [0.3, 0.4) is 0 Å². The van der Waals surface area contributed by atoms with Gasteiger partial charge in [0, 0.05) is 11.9 Å². The van der Waals surface area contributed by atoms with Crippen molar-refractivity contribution in [1.82, 2.24) is 10.3 Å². The van der Waals surface area contributed by atoms with Crippen LogP contribution < -0.4 is 15.4 Å². The molecule has 1 aromatic heterocycles. The Morgan fingerprint density at radius 3 is 3.32 bits per heavy atom. The number of fused-ring (bicyclic) bond motifs is 1. The molecule has 0 saturated carbocycles. The molecule has 0 radical (unpaired) electrons. The summed E-state index contributed by atoms with van der Waals surface area (Å²) < 4.78 is 5.58. The van der Waals surface area contributed by atoms with Crippen molar-refractivity contribution in [2.45, 2.75) is 6.54 Å². The molecule has 1 aliphatic heterocycles. The molecule has 3 rings (SSSR count). The third-order valence-electron chi connectivity index (χ3n) is 2.84. The van der Waals surface area contributed by atoms with Crippen molar-refractivity contribution in [3.63, 3.8) is 0 Å². The second-order valence-electron chi connectivity index (χ2n) is 4.12. The van der Waals surface area contributed by atoms with Crippen molar-refractivity contribution in [2.24, 2.45) is 0 Å². The summed E-state index contributed by atoms with van der Waals surface area (Å²) >= 11 is 1.51. The van der Waals surface area contributed by atoms with E-state index >= 15 is 0 Å². The van der Waals surface area contributed by atoms with Crippen molar-refractivity contribution in [3.05, 3.63) is 40.3 Å². The number of ether oxygens (including phenoxy) is 1. The summed E-state index contributed by atoms with van der Waals surface area (Å²) in [6, 6.07) is 5.52. The normalized spacial score (nSPS) is 13.1. The van der Waals surface area contributed by atoms with Crippen molar-refractivity contribution in [2.75, 3.05) is 18.5 Å². The lowest BCUT2D eigenvalue weighted by Gasteiger charge is -2.21. The molecule has 1 aliphatic rings. The van der Waals surface area contributed by atoms with E-state index in [0.717, 1.165) is 17.9 Å². The number of carbonyl (C=O) groups is 1. The third-order valence-corrected chi connectivity index (χ3v) is 3.47. The summed E-state index contributed by atoms with van der Waals surface area (Å²) in [5.41, 5.74) is 4.04. The number of para-hydroxylation sites is 1. The maximum Gasteiger partial charge on any atom is 0.255 e. The summed E-state index contributed by atoms with van der Waals surface area (Å²) in [6.07, 6.45) is 0. The van der Waals surface area contributed by atoms with Crippen LogP contribution in [0.2, 0.25) is 0 Å². The van der Waals surface area contributed by atoms with E-state index in [-0.39, 0.29) is 5.91 Å². The molecule has 0 saturated heterocycles. The van der Waals surface area contributed by atoms with E-state index in [9.17, 15) is 4.79 Å². The Bertz CT molecular complexity index is 584. The second kappa shape index (κ2) is 5.27. The monoisotopic (exact) mass is 275 g/mol. The number of hydrogen-bond donors (Lipinski definition) is 2. The number of aromatic nitrogens is 1. The highest BCUT2D eigenvalue weighted by Crippen LogP contribution is 2.31. The van der Waals surface area contributed by atoms with Gasteiger partial charge in [0.25, 0.3) is 5.91 Å². The molecule has 5 nitrogen and oxygen atoms in total. The topological polar surface area (TPSA) is 63.2 Å². The van der Waals surface area contributed by atoms with Gasteiger partial charge in [-0.25, -0.2) is 4.98 Å². The minimum Gasteiger partial charge on any atom is -0.489 e. The lowest BCUT2D eigenvalue weighted by molar-refractivity contribution is 0.0946. The Morgan fingerprint density at radius 1 is 1.53 bits per heavy atom. The number of benzene rings is 1. The number of rotatable bonds is 3. The van der Waals surface area contributed by atoms with Gasteiger partial charge in [0.1, 0.15) is 6.61 Å². The number of hydrogen-bond acceptors (Lipinski definition) is 5. The largest absolute Gasteiger partial charge is 0.489 e. The van der Waals surface area contributed by atoms with Crippen molar-refractivity contribution < 1.29 is 9.53 Å². The van der Waals surface area contributed by atoms with E-state index < -0.39 is 0 Å². The zero-order valence-electron chi connectivity index (χ0n) is 10.2. The van der Waals surface area contributed by atoms with Crippen LogP contribution in [0.15, 0.2) is 29.1 Å². The number of nitrogens with one attached hydrogen (secondary N) is 2. The molecule has 0 aliphatic carbocycles. The number of amides is 1. The number of anilines is 1. The Balaban J connectivity index is 1.76. The van der Waals surface area contributed by atoms with E-state index in [0.29, 0.717) is 24.5 Å². The lowest BCUT2D eigenvalue weighted by atomic mass is 10.1. The Kier molecular flexibility index (Phi) is 3.33. The minimum absolute atomic E-state index is 0.145. The fraction of sp³-hybridized carbons (Fsp3) is 0.231. The number of nitrogens with zero attached hydrogens (tertiary/aromatic N) is 1. The molecule has 0 bridgehead atoms. The first-order valence-corrected chi connectivity index (χ1v) is 6.94. The van der Waals surface area contributed by atoms with Gasteiger partial charge < -0.3 is 15.4 Å². The van der Waals surface area contributed by atoms with E-state index in [2.05, 4.69) is 15.6 Å². The summed E-state index contributed by atoms with van der Waals surface area (Å²) in [6.45, 7) is 1.76. The van der Waals surface area contributed by atoms with Crippen molar-refractivity contribution >= 4 is 22.9 Å². The fourth-order valence-electron chi connectivity index (χ4n) is 1.94. The molecule has 0 fully saturated rings. The lowest BCUT2D eigenvalue weighted by Crippen LogP contribution is -2.26. The molecule has 0 spiro atoms. The Labute approximate surface area is 114 Å². The smallest absolute Gasteiger partial charge is 0.255 e. The highest BCUT2D eigenvalue weighted by molar-refractivity contribution is 7.07. The molecule has 0 unspecified atom stereocenters. The molecule has 1 amide bonds. The van der Waals surface area contributed by atoms with Crippen molar-refractivity contribution in [3.8, 4) is 5.75 Å². The van der Waals surface area contributed by atoms with Gasteiger partial charge in [-0.15, -0.1) is 11.3 Å². The van der Waals surface area contributed by atoms with E-state index in [4.69, 9.17) is 4.74 Å². The van der Waals surface area contributed by atoms with Gasteiger partial charge >= 0.3 is 0 Å². The Hall–Kier alpha value is -2.08. The maximum atomic E-state index is 12.2. The molecular formula is C13H13N3O2S. The van der Waals surface area contributed by atoms with Gasteiger partial charge in [0.2, 0.25) is 0 Å². The van der Waals surface area contributed by atoms with Crippen LogP contribution >= 0.6 is 11.3 Å². The minimum atomic E-state index is -0.145. The first-order valence-electron chi connectivity index (χ1n) is 5.99. The van der Waals surface area contributed by atoms with Crippen LogP contribution in [0.5, 0.6) is 5.75 Å². The zero-order valence-corrected chi connectivity index (χ0v) is 11.0. The molecule has 0 atom stereocenters. The molecular weight excluding hydrogens is 262 g/mol. The first-order chi connectivity index (χ1) is 9.34. The van der Waals surface area contributed by atoms with Crippen LogP contribution in [0.25, 0.3) is 0 Å². The third kappa shape index (κ3) is 2.53. The zero-order chi connectivity index (χ0) is 13.1. The summed E-state index contributed by atoms with van der Waals surface area (Å²) in [5, 5.41) is 7.98. The van der Waals surface area contributed by atoms with Gasteiger partial charge in [-0.1, -0.05) is 6.07 Å². The van der Waals surface area contributed by atoms with Crippen LogP contribution in [0.1, 0.15) is 16.1 Å². The summed E-state index contributed by atoms with van der Waals surface area (Å²) in [4.78, 5) is 16.3. The number of thiazole rings is 1. The summed E-state index contributed by atoms with van der Waals surface area (Å²) in [5.74, 6) is 0.484. The highest BCUT2D eigenvalue weighted by atomic mass is 32.1. The van der Waals surface area contributed by atoms with Crippen molar-refractivity contribution in [1.29, 1.82) is 0 Å². The Morgan fingerprint density at radius 2 is 2.47 bits per heavy atom. The van der Waals surface area contributed by atoms with Gasteiger partial charge in [0.05, 0.1) is 29.0 Å². The quantitative estimate of drug-likeness (QED) is 0.897. The van der Waals surface area contributed by atoms with E-state index in [1.54, 1.807) is 11.6 Å². The maximum absolute atomic E-state index is 12.2. The standard InChI is InChI=1S/C13H13N3O2S/c17-13(15-6-9-7-19-8-16-9)10-2-1-3-11-12(10)18-5-4-14-11/h1-3,7-8,14H,4-6H2,(H,15,17). The fourth-order valence-corrected chi connectivity index (χ4v) is 2.50. The predicted molar refractivity (Wildman–Crippen MR) is 73.7 cm³/mol. The van der Waals surface area contributed by atoms with E-state index in [1.807, 2.05) is 17.5 Å². The molecule has 6 heteroatoms. The molecule has 2 heterocycles.